The number of hydrogen-bond donors (Lipinski definition) is 0. The van der Waals surface area contributed by atoms with Crippen molar-refractivity contribution < 1.29 is 4.74 Å². The van der Waals surface area contributed by atoms with Crippen LogP contribution in [0.25, 0.3) is 0 Å². The minimum Gasteiger partial charge on any atom is -0.383 e. The Morgan fingerprint density at radius 3 is 2.22 bits per heavy atom. The lowest BCUT2D eigenvalue weighted by molar-refractivity contribution is 0.148. The molecular weight excluding hydrogens is 290 g/mol. The van der Waals surface area contributed by atoms with E-state index < -0.39 is 0 Å². The highest BCUT2D eigenvalue weighted by Crippen LogP contribution is 2.18. The standard InChI is InChI=1S/C15H24BrNO/c1-12-9-13(2)15(14(3)10-12)11-17(6-5-16)7-8-18-4/h9-10H,5-8,11H2,1-4H3. The van der Waals surface area contributed by atoms with E-state index in [-0.39, 0.29) is 0 Å². The van der Waals surface area contributed by atoms with Gasteiger partial charge in [0.25, 0.3) is 0 Å². The molecule has 1 aromatic carbocycles. The van der Waals surface area contributed by atoms with Crippen molar-refractivity contribution in [3.05, 3.63) is 34.4 Å². The first-order chi connectivity index (χ1) is 8.58. The molecular formula is C15H24BrNO. The van der Waals surface area contributed by atoms with Gasteiger partial charge in [0, 0.05) is 32.1 Å². The van der Waals surface area contributed by atoms with Crippen molar-refractivity contribution in [3.63, 3.8) is 0 Å². The maximum atomic E-state index is 5.18. The second-order valence-corrected chi connectivity index (χ2v) is 5.63. The highest BCUT2D eigenvalue weighted by atomic mass is 79.9. The van der Waals surface area contributed by atoms with Crippen LogP contribution in [0.3, 0.4) is 0 Å². The van der Waals surface area contributed by atoms with Crippen LogP contribution in [0.5, 0.6) is 0 Å². The molecule has 0 aromatic heterocycles. The third-order valence-corrected chi connectivity index (χ3v) is 3.59. The summed E-state index contributed by atoms with van der Waals surface area (Å²) in [5.41, 5.74) is 5.59. The Morgan fingerprint density at radius 1 is 1.11 bits per heavy atom. The van der Waals surface area contributed by atoms with E-state index in [1.165, 1.54) is 22.3 Å². The minimum absolute atomic E-state index is 0.789. The maximum Gasteiger partial charge on any atom is 0.0589 e. The molecule has 0 aliphatic rings. The van der Waals surface area contributed by atoms with Crippen molar-refractivity contribution >= 4 is 15.9 Å². The normalized spacial score (nSPS) is 11.2. The van der Waals surface area contributed by atoms with Crippen LogP contribution in [0.2, 0.25) is 0 Å². The van der Waals surface area contributed by atoms with Gasteiger partial charge in [0.15, 0.2) is 0 Å². The number of alkyl halides is 1. The van der Waals surface area contributed by atoms with Crippen LogP contribution in [0.15, 0.2) is 12.1 Å². The second kappa shape index (κ2) is 7.93. The lowest BCUT2D eigenvalue weighted by atomic mass is 9.99. The molecule has 2 nitrogen and oxygen atoms in total. The Kier molecular flexibility index (Phi) is 6.90. The number of methoxy groups -OCH3 is 1. The molecule has 0 N–H and O–H groups in total. The van der Waals surface area contributed by atoms with Gasteiger partial charge >= 0.3 is 0 Å². The van der Waals surface area contributed by atoms with Crippen LogP contribution in [0.4, 0.5) is 0 Å². The van der Waals surface area contributed by atoms with E-state index in [4.69, 9.17) is 4.74 Å². The summed E-state index contributed by atoms with van der Waals surface area (Å²) in [4.78, 5) is 2.43. The largest absolute Gasteiger partial charge is 0.383 e. The molecule has 1 aromatic rings. The van der Waals surface area contributed by atoms with E-state index in [9.17, 15) is 0 Å². The molecule has 0 unspecified atom stereocenters. The predicted molar refractivity (Wildman–Crippen MR) is 81.6 cm³/mol. The topological polar surface area (TPSA) is 12.5 Å². The van der Waals surface area contributed by atoms with E-state index in [1.807, 2.05) is 0 Å². The van der Waals surface area contributed by atoms with E-state index in [0.29, 0.717) is 0 Å². The van der Waals surface area contributed by atoms with Crippen LogP contribution in [0.1, 0.15) is 22.3 Å². The number of hydrogen-bond acceptors (Lipinski definition) is 2. The first kappa shape index (κ1) is 15.7. The Hall–Kier alpha value is -0.380. The first-order valence-electron chi connectivity index (χ1n) is 6.42. The molecule has 0 radical (unpaired) electrons. The average Bonchev–Trinajstić information content (AvgIpc) is 2.30. The zero-order chi connectivity index (χ0) is 13.5. The summed E-state index contributed by atoms with van der Waals surface area (Å²) in [5.74, 6) is 0. The van der Waals surface area contributed by atoms with Gasteiger partial charge in [-0.15, -0.1) is 0 Å². The molecule has 0 atom stereocenters. The zero-order valence-corrected chi connectivity index (χ0v) is 13.5. The Balaban J connectivity index is 2.79. The highest BCUT2D eigenvalue weighted by molar-refractivity contribution is 9.09. The van der Waals surface area contributed by atoms with Crippen molar-refractivity contribution in [1.82, 2.24) is 4.90 Å². The average molecular weight is 314 g/mol. The number of rotatable bonds is 7. The van der Waals surface area contributed by atoms with E-state index in [1.54, 1.807) is 7.11 Å². The zero-order valence-electron chi connectivity index (χ0n) is 11.9. The fraction of sp³-hybridized carbons (Fsp3) is 0.600. The fourth-order valence-corrected chi connectivity index (χ4v) is 2.79. The van der Waals surface area contributed by atoms with Crippen molar-refractivity contribution in [3.8, 4) is 0 Å². The van der Waals surface area contributed by atoms with Crippen LogP contribution >= 0.6 is 15.9 Å². The quantitative estimate of drug-likeness (QED) is 0.715. The second-order valence-electron chi connectivity index (χ2n) is 4.84. The van der Waals surface area contributed by atoms with Crippen LogP contribution in [0, 0.1) is 20.8 Å². The summed E-state index contributed by atoms with van der Waals surface area (Å²) in [5, 5.41) is 1.00. The molecule has 0 aliphatic carbocycles. The lowest BCUT2D eigenvalue weighted by Gasteiger charge is -2.23. The summed E-state index contributed by atoms with van der Waals surface area (Å²) in [6.45, 7) is 10.4. The summed E-state index contributed by atoms with van der Waals surface area (Å²) in [7, 11) is 1.76. The molecule has 102 valence electrons. The number of ether oxygens (including phenoxy) is 1. The van der Waals surface area contributed by atoms with Crippen molar-refractivity contribution in [2.75, 3.05) is 32.1 Å². The SMILES string of the molecule is COCCN(CCBr)Cc1c(C)cc(C)cc1C. The molecule has 0 saturated carbocycles. The number of aryl methyl sites for hydroxylation is 3. The Labute approximate surface area is 119 Å². The van der Waals surface area contributed by atoms with Gasteiger partial charge in [0.05, 0.1) is 6.61 Å². The first-order valence-corrected chi connectivity index (χ1v) is 7.54. The van der Waals surface area contributed by atoms with Crippen LogP contribution in [-0.4, -0.2) is 37.0 Å². The molecule has 0 aliphatic heterocycles. The van der Waals surface area contributed by atoms with Gasteiger partial charge in [-0.2, -0.15) is 0 Å². The van der Waals surface area contributed by atoms with Gasteiger partial charge < -0.3 is 4.74 Å². The van der Waals surface area contributed by atoms with Gasteiger partial charge in [0.2, 0.25) is 0 Å². The molecule has 3 heteroatoms. The molecule has 0 saturated heterocycles. The van der Waals surface area contributed by atoms with E-state index in [2.05, 4.69) is 53.7 Å². The summed E-state index contributed by atoms with van der Waals surface area (Å²) < 4.78 is 5.18. The molecule has 0 amide bonds. The van der Waals surface area contributed by atoms with Crippen molar-refractivity contribution in [2.24, 2.45) is 0 Å². The number of halogens is 1. The smallest absolute Gasteiger partial charge is 0.0589 e. The molecule has 18 heavy (non-hydrogen) atoms. The van der Waals surface area contributed by atoms with Gasteiger partial charge in [0.1, 0.15) is 0 Å². The third kappa shape index (κ3) is 4.71. The molecule has 0 fully saturated rings. The van der Waals surface area contributed by atoms with E-state index >= 15 is 0 Å². The molecule has 0 heterocycles. The summed E-state index contributed by atoms with van der Waals surface area (Å²) >= 11 is 3.52. The van der Waals surface area contributed by atoms with Gasteiger partial charge in [-0.05, 0) is 37.5 Å². The maximum absolute atomic E-state index is 5.18. The van der Waals surface area contributed by atoms with Crippen molar-refractivity contribution in [2.45, 2.75) is 27.3 Å². The van der Waals surface area contributed by atoms with Crippen LogP contribution < -0.4 is 0 Å². The summed E-state index contributed by atoms with van der Waals surface area (Å²) in [6, 6.07) is 4.54. The van der Waals surface area contributed by atoms with Crippen LogP contribution in [-0.2, 0) is 11.3 Å². The Bertz CT molecular complexity index is 356. The highest BCUT2D eigenvalue weighted by Gasteiger charge is 2.09. The number of benzene rings is 1. The lowest BCUT2D eigenvalue weighted by Crippen LogP contribution is -2.29. The van der Waals surface area contributed by atoms with Gasteiger partial charge in [-0.1, -0.05) is 33.6 Å². The molecule has 1 rings (SSSR count). The van der Waals surface area contributed by atoms with Crippen molar-refractivity contribution in [1.29, 1.82) is 0 Å². The molecule has 0 spiro atoms. The number of nitrogens with zero attached hydrogens (tertiary/aromatic N) is 1. The predicted octanol–water partition coefficient (Wildman–Crippen LogP) is 3.46. The monoisotopic (exact) mass is 313 g/mol. The van der Waals surface area contributed by atoms with Gasteiger partial charge in [-0.3, -0.25) is 4.90 Å². The van der Waals surface area contributed by atoms with E-state index in [0.717, 1.165) is 31.6 Å². The van der Waals surface area contributed by atoms with Gasteiger partial charge in [-0.25, -0.2) is 0 Å². The third-order valence-electron chi connectivity index (χ3n) is 3.23. The minimum atomic E-state index is 0.789. The Morgan fingerprint density at radius 2 is 1.72 bits per heavy atom. The fourth-order valence-electron chi connectivity index (χ4n) is 2.29. The summed E-state index contributed by atoms with van der Waals surface area (Å²) in [6.07, 6.45) is 0. The molecule has 0 bridgehead atoms.